The molecular weight excluding hydrogens is 318 g/mol. The second-order valence-electron chi connectivity index (χ2n) is 7.04. The van der Waals surface area contributed by atoms with Gasteiger partial charge in [0.05, 0.1) is 11.7 Å². The van der Waals surface area contributed by atoms with E-state index in [-0.39, 0.29) is 11.9 Å². The van der Waals surface area contributed by atoms with Crippen LogP contribution in [0.3, 0.4) is 0 Å². The van der Waals surface area contributed by atoms with Crippen molar-refractivity contribution in [2.24, 2.45) is 0 Å². The summed E-state index contributed by atoms with van der Waals surface area (Å²) in [7, 11) is 2.11. The van der Waals surface area contributed by atoms with Crippen LogP contribution in [0, 0.1) is 13.8 Å². The van der Waals surface area contributed by atoms with Crippen LogP contribution >= 0.6 is 0 Å². The van der Waals surface area contributed by atoms with E-state index in [9.17, 15) is 4.79 Å². The lowest BCUT2D eigenvalue weighted by Gasteiger charge is -2.27. The van der Waals surface area contributed by atoms with Crippen LogP contribution in [-0.2, 0) is 13.0 Å². The fourth-order valence-electron chi connectivity index (χ4n) is 3.84. The molecule has 0 bridgehead atoms. The molecule has 2 aliphatic heterocycles. The molecule has 7 nitrogen and oxygen atoms in total. The molecular formula is C18H23N5O2. The molecule has 2 aromatic heterocycles. The lowest BCUT2D eigenvalue weighted by Crippen LogP contribution is -2.33. The van der Waals surface area contributed by atoms with Crippen LogP contribution in [0.15, 0.2) is 10.7 Å². The summed E-state index contributed by atoms with van der Waals surface area (Å²) in [6.45, 7) is 6.21. The summed E-state index contributed by atoms with van der Waals surface area (Å²) in [5, 5.41) is 3.91. The number of likely N-dealkylation sites (tertiary alicyclic amines) is 1. The van der Waals surface area contributed by atoms with Gasteiger partial charge >= 0.3 is 0 Å². The topological polar surface area (TPSA) is 75.4 Å². The van der Waals surface area contributed by atoms with Crippen LogP contribution in [0.25, 0.3) is 0 Å². The maximum absolute atomic E-state index is 13.0. The Labute approximate surface area is 147 Å². The van der Waals surface area contributed by atoms with E-state index in [0.29, 0.717) is 17.0 Å². The predicted octanol–water partition coefficient (Wildman–Crippen LogP) is 2.05. The monoisotopic (exact) mass is 341 g/mol. The van der Waals surface area contributed by atoms with Crippen LogP contribution in [0.1, 0.15) is 57.8 Å². The van der Waals surface area contributed by atoms with E-state index in [4.69, 9.17) is 9.51 Å². The Morgan fingerprint density at radius 1 is 1.32 bits per heavy atom. The highest BCUT2D eigenvalue weighted by Crippen LogP contribution is 2.33. The molecule has 4 rings (SSSR count). The molecule has 0 radical (unpaired) electrons. The molecule has 1 amide bonds. The number of fused-ring (bicyclic) bond motifs is 1. The number of carbonyl (C=O) groups is 1. The first-order valence-corrected chi connectivity index (χ1v) is 8.81. The zero-order chi connectivity index (χ0) is 17.6. The van der Waals surface area contributed by atoms with E-state index in [1.54, 1.807) is 13.8 Å². The number of carbonyl (C=O) groups excluding carboxylic acids is 1. The van der Waals surface area contributed by atoms with Gasteiger partial charge in [-0.1, -0.05) is 5.16 Å². The van der Waals surface area contributed by atoms with E-state index in [1.165, 1.54) is 5.56 Å². The van der Waals surface area contributed by atoms with Crippen molar-refractivity contribution in [1.29, 1.82) is 0 Å². The number of aromatic nitrogens is 3. The first kappa shape index (κ1) is 16.2. The van der Waals surface area contributed by atoms with Gasteiger partial charge in [0.1, 0.15) is 11.3 Å². The summed E-state index contributed by atoms with van der Waals surface area (Å²) >= 11 is 0. The molecule has 0 aliphatic carbocycles. The number of amides is 1. The third-order valence-electron chi connectivity index (χ3n) is 5.20. The maximum atomic E-state index is 13.0. The molecule has 25 heavy (non-hydrogen) atoms. The van der Waals surface area contributed by atoms with Gasteiger partial charge in [-0.2, -0.15) is 0 Å². The summed E-state index contributed by atoms with van der Waals surface area (Å²) in [6.07, 6.45) is 4.73. The standard InChI is InChI=1S/C18H23N5O2/c1-11-16(12(2)25-21-11)18(24)23-7-4-5-15(23)17-19-9-13-10-22(3)8-6-14(13)20-17/h9,15H,4-8,10H2,1-3H3. The smallest absolute Gasteiger partial charge is 0.259 e. The highest BCUT2D eigenvalue weighted by Gasteiger charge is 2.35. The molecule has 132 valence electrons. The molecule has 0 N–H and O–H groups in total. The van der Waals surface area contributed by atoms with Gasteiger partial charge in [0.2, 0.25) is 0 Å². The van der Waals surface area contributed by atoms with E-state index < -0.39 is 0 Å². The minimum absolute atomic E-state index is 0.0280. The van der Waals surface area contributed by atoms with E-state index in [2.05, 4.69) is 22.1 Å². The maximum Gasteiger partial charge on any atom is 0.259 e. The lowest BCUT2D eigenvalue weighted by atomic mass is 10.1. The van der Waals surface area contributed by atoms with Crippen molar-refractivity contribution >= 4 is 5.91 Å². The molecule has 4 heterocycles. The minimum Gasteiger partial charge on any atom is -0.361 e. The van der Waals surface area contributed by atoms with E-state index in [0.717, 1.165) is 50.4 Å². The lowest BCUT2D eigenvalue weighted by molar-refractivity contribution is 0.0727. The summed E-state index contributed by atoms with van der Waals surface area (Å²) in [6, 6.07) is -0.0637. The molecule has 0 spiro atoms. The van der Waals surface area contributed by atoms with E-state index >= 15 is 0 Å². The Morgan fingerprint density at radius 3 is 2.92 bits per heavy atom. The summed E-state index contributed by atoms with van der Waals surface area (Å²) < 4.78 is 5.17. The van der Waals surface area contributed by atoms with Crippen molar-refractivity contribution in [3.05, 3.63) is 40.3 Å². The Morgan fingerprint density at radius 2 is 2.16 bits per heavy atom. The minimum atomic E-state index is -0.0637. The van der Waals surface area contributed by atoms with Crippen molar-refractivity contribution < 1.29 is 9.32 Å². The quantitative estimate of drug-likeness (QED) is 0.832. The molecule has 7 heteroatoms. The van der Waals surface area contributed by atoms with E-state index in [1.807, 2.05) is 11.1 Å². The first-order valence-electron chi connectivity index (χ1n) is 8.81. The largest absolute Gasteiger partial charge is 0.361 e. The Balaban J connectivity index is 1.63. The zero-order valence-corrected chi connectivity index (χ0v) is 14.9. The van der Waals surface area contributed by atoms with Gasteiger partial charge < -0.3 is 14.3 Å². The van der Waals surface area contributed by atoms with Gasteiger partial charge in [-0.05, 0) is 33.7 Å². The molecule has 2 aliphatic rings. The Bertz CT molecular complexity index is 796. The highest BCUT2D eigenvalue weighted by atomic mass is 16.5. The Hall–Kier alpha value is -2.28. The van der Waals surface area contributed by atoms with Crippen molar-refractivity contribution in [3.63, 3.8) is 0 Å². The summed E-state index contributed by atoms with van der Waals surface area (Å²) in [4.78, 5) is 26.6. The van der Waals surface area contributed by atoms with Crippen LogP contribution < -0.4 is 0 Å². The van der Waals surface area contributed by atoms with Crippen LogP contribution in [0.2, 0.25) is 0 Å². The van der Waals surface area contributed by atoms with Crippen LogP contribution in [-0.4, -0.2) is 51.0 Å². The van der Waals surface area contributed by atoms with Crippen molar-refractivity contribution in [2.75, 3.05) is 20.1 Å². The van der Waals surface area contributed by atoms with Crippen LogP contribution in [0.4, 0.5) is 0 Å². The number of rotatable bonds is 2. The average Bonchev–Trinajstić information content (AvgIpc) is 3.21. The van der Waals surface area contributed by atoms with Gasteiger partial charge in [-0.3, -0.25) is 4.79 Å². The average molecular weight is 341 g/mol. The third kappa shape index (κ3) is 2.82. The molecule has 1 fully saturated rings. The number of hydrogen-bond acceptors (Lipinski definition) is 6. The van der Waals surface area contributed by atoms with Gasteiger partial charge in [-0.15, -0.1) is 0 Å². The highest BCUT2D eigenvalue weighted by molar-refractivity contribution is 5.96. The summed E-state index contributed by atoms with van der Waals surface area (Å²) in [5.74, 6) is 1.31. The van der Waals surface area contributed by atoms with Crippen LogP contribution in [0.5, 0.6) is 0 Å². The van der Waals surface area contributed by atoms with Crippen molar-refractivity contribution in [1.82, 2.24) is 24.9 Å². The predicted molar refractivity (Wildman–Crippen MR) is 91.1 cm³/mol. The van der Waals surface area contributed by atoms with Crippen molar-refractivity contribution in [2.45, 2.75) is 45.7 Å². The molecule has 0 aromatic carbocycles. The fourth-order valence-corrected chi connectivity index (χ4v) is 3.84. The fraction of sp³-hybridized carbons (Fsp3) is 0.556. The normalized spacial score (nSPS) is 20.8. The molecule has 1 saturated heterocycles. The summed E-state index contributed by atoms with van der Waals surface area (Å²) in [5.41, 5.74) is 3.54. The molecule has 1 unspecified atom stereocenters. The Kier molecular flexibility index (Phi) is 4.03. The number of likely N-dealkylation sites (N-methyl/N-ethyl adjacent to an activating group) is 1. The molecule has 2 aromatic rings. The first-order chi connectivity index (χ1) is 12.0. The molecule has 1 atom stereocenters. The van der Waals surface area contributed by atoms with Gasteiger partial charge in [0, 0.05) is 43.5 Å². The molecule has 0 saturated carbocycles. The number of aryl methyl sites for hydroxylation is 2. The second kappa shape index (κ2) is 6.22. The zero-order valence-electron chi connectivity index (χ0n) is 14.9. The number of hydrogen-bond donors (Lipinski definition) is 0. The number of nitrogens with zero attached hydrogens (tertiary/aromatic N) is 5. The van der Waals surface area contributed by atoms with Gasteiger partial charge in [-0.25, -0.2) is 9.97 Å². The van der Waals surface area contributed by atoms with Crippen molar-refractivity contribution in [3.8, 4) is 0 Å². The van der Waals surface area contributed by atoms with Gasteiger partial charge in [0.15, 0.2) is 5.82 Å². The second-order valence-corrected chi connectivity index (χ2v) is 7.04. The SMILES string of the molecule is Cc1noc(C)c1C(=O)N1CCCC1c1ncc2c(n1)CCN(C)C2. The third-order valence-corrected chi connectivity index (χ3v) is 5.20. The van der Waals surface area contributed by atoms with Gasteiger partial charge in [0.25, 0.3) is 5.91 Å².